The van der Waals surface area contributed by atoms with E-state index in [-0.39, 0.29) is 16.3 Å². The number of nitro groups is 1. The normalized spacial score (nSPS) is 12.6. The number of non-ortho nitro benzene ring substituents is 1. The highest BCUT2D eigenvalue weighted by molar-refractivity contribution is 6.34. The SMILES string of the molecule is CC(C)C(NC(=O)c1ccc([N+](=O)[O-])cc1Cl)C(=O)NCC(F)(F)F. The van der Waals surface area contributed by atoms with Crippen LogP contribution in [-0.4, -0.2) is 35.5 Å². The van der Waals surface area contributed by atoms with E-state index in [4.69, 9.17) is 11.6 Å². The Labute approximate surface area is 145 Å². The maximum absolute atomic E-state index is 12.2. The average Bonchev–Trinajstić information content (AvgIpc) is 2.48. The molecular weight excluding hydrogens is 367 g/mol. The van der Waals surface area contributed by atoms with Crippen molar-refractivity contribution < 1.29 is 27.7 Å². The van der Waals surface area contributed by atoms with E-state index in [1.807, 2.05) is 0 Å². The van der Waals surface area contributed by atoms with Crippen LogP contribution < -0.4 is 10.6 Å². The predicted molar refractivity (Wildman–Crippen MR) is 83.3 cm³/mol. The zero-order valence-electron chi connectivity index (χ0n) is 13.2. The van der Waals surface area contributed by atoms with Crippen molar-refractivity contribution in [2.24, 2.45) is 5.92 Å². The number of nitrogens with zero attached hydrogens (tertiary/aromatic N) is 1. The van der Waals surface area contributed by atoms with Gasteiger partial charge in [-0.3, -0.25) is 19.7 Å². The van der Waals surface area contributed by atoms with E-state index in [0.717, 1.165) is 18.2 Å². The van der Waals surface area contributed by atoms with Gasteiger partial charge in [-0.05, 0) is 12.0 Å². The Morgan fingerprint density at radius 3 is 2.36 bits per heavy atom. The molecule has 0 radical (unpaired) electrons. The van der Waals surface area contributed by atoms with Gasteiger partial charge in [0.2, 0.25) is 5.91 Å². The monoisotopic (exact) mass is 381 g/mol. The molecule has 1 aromatic rings. The summed E-state index contributed by atoms with van der Waals surface area (Å²) >= 11 is 5.82. The van der Waals surface area contributed by atoms with E-state index in [9.17, 15) is 32.9 Å². The molecule has 7 nitrogen and oxygen atoms in total. The minimum absolute atomic E-state index is 0.137. The summed E-state index contributed by atoms with van der Waals surface area (Å²) in [5.74, 6) is -2.34. The molecule has 0 heterocycles. The number of carbonyl (C=O) groups is 2. The van der Waals surface area contributed by atoms with Crippen molar-refractivity contribution in [2.75, 3.05) is 6.54 Å². The first-order valence-electron chi connectivity index (χ1n) is 7.01. The van der Waals surface area contributed by atoms with Gasteiger partial charge in [-0.25, -0.2) is 0 Å². The first-order chi connectivity index (χ1) is 11.4. The highest BCUT2D eigenvalue weighted by Gasteiger charge is 2.31. The number of hydrogen-bond acceptors (Lipinski definition) is 4. The summed E-state index contributed by atoms with van der Waals surface area (Å²) in [6.45, 7) is 1.55. The molecule has 0 aromatic heterocycles. The van der Waals surface area contributed by atoms with Crippen molar-refractivity contribution in [3.05, 3.63) is 38.9 Å². The van der Waals surface area contributed by atoms with Gasteiger partial charge < -0.3 is 10.6 Å². The molecule has 0 spiro atoms. The Balaban J connectivity index is 2.90. The standard InChI is InChI=1S/C14H15ClF3N3O4/c1-7(2)11(13(23)19-6-14(16,17)18)20-12(22)9-4-3-8(21(24)25)5-10(9)15/h3-5,7,11H,6H2,1-2H3,(H,19,23)(H,20,22). The van der Waals surface area contributed by atoms with Gasteiger partial charge in [0, 0.05) is 12.1 Å². The number of halogens is 4. The Morgan fingerprint density at radius 1 is 1.32 bits per heavy atom. The Bertz CT molecular complexity index is 680. The molecule has 0 aliphatic heterocycles. The first-order valence-corrected chi connectivity index (χ1v) is 7.39. The fourth-order valence-corrected chi connectivity index (χ4v) is 2.11. The zero-order valence-corrected chi connectivity index (χ0v) is 13.9. The second kappa shape index (κ2) is 8.15. The van der Waals surface area contributed by atoms with E-state index < -0.39 is 41.4 Å². The number of nitro benzene ring substituents is 1. The van der Waals surface area contributed by atoms with Gasteiger partial charge in [-0.2, -0.15) is 13.2 Å². The minimum atomic E-state index is -4.58. The molecule has 0 saturated carbocycles. The zero-order chi connectivity index (χ0) is 19.4. The van der Waals surface area contributed by atoms with E-state index in [0.29, 0.717) is 0 Å². The predicted octanol–water partition coefficient (Wildman–Crippen LogP) is 2.68. The second-order valence-electron chi connectivity index (χ2n) is 5.45. The van der Waals surface area contributed by atoms with Crippen LogP contribution in [-0.2, 0) is 4.79 Å². The molecule has 11 heteroatoms. The summed E-state index contributed by atoms with van der Waals surface area (Å²) in [6.07, 6.45) is -4.58. The number of nitrogens with one attached hydrogen (secondary N) is 2. The van der Waals surface area contributed by atoms with Crippen LogP contribution in [0.4, 0.5) is 18.9 Å². The lowest BCUT2D eigenvalue weighted by Gasteiger charge is -2.22. The van der Waals surface area contributed by atoms with Crippen LogP contribution >= 0.6 is 11.6 Å². The number of hydrogen-bond donors (Lipinski definition) is 2. The topological polar surface area (TPSA) is 101 Å². The number of benzene rings is 1. The molecule has 1 unspecified atom stereocenters. The summed E-state index contributed by atoms with van der Waals surface area (Å²) in [4.78, 5) is 34.0. The van der Waals surface area contributed by atoms with Crippen LogP contribution in [0.25, 0.3) is 0 Å². The number of rotatable bonds is 6. The molecule has 2 N–H and O–H groups in total. The van der Waals surface area contributed by atoms with Gasteiger partial charge in [0.1, 0.15) is 12.6 Å². The molecule has 0 saturated heterocycles. The summed E-state index contributed by atoms with van der Waals surface area (Å²) in [7, 11) is 0. The smallest absolute Gasteiger partial charge is 0.345 e. The summed E-state index contributed by atoms with van der Waals surface area (Å²) in [5, 5.41) is 14.4. The highest BCUT2D eigenvalue weighted by atomic mass is 35.5. The lowest BCUT2D eigenvalue weighted by molar-refractivity contribution is -0.384. The highest BCUT2D eigenvalue weighted by Crippen LogP contribution is 2.22. The van der Waals surface area contributed by atoms with Gasteiger partial charge in [-0.15, -0.1) is 0 Å². The maximum atomic E-state index is 12.2. The lowest BCUT2D eigenvalue weighted by atomic mass is 10.0. The molecule has 0 bridgehead atoms. The summed E-state index contributed by atoms with van der Waals surface area (Å²) in [6, 6.07) is 1.88. The van der Waals surface area contributed by atoms with Crippen LogP contribution in [0.1, 0.15) is 24.2 Å². The molecule has 0 aliphatic carbocycles. The molecule has 2 amide bonds. The second-order valence-corrected chi connectivity index (χ2v) is 5.86. The van der Waals surface area contributed by atoms with Gasteiger partial charge in [0.05, 0.1) is 15.5 Å². The summed E-state index contributed by atoms with van der Waals surface area (Å²) < 4.78 is 36.6. The Kier molecular flexibility index (Phi) is 6.74. The largest absolute Gasteiger partial charge is 0.405 e. The first kappa shape index (κ1) is 20.7. The van der Waals surface area contributed by atoms with Crippen LogP contribution in [0.15, 0.2) is 18.2 Å². The molecule has 0 fully saturated rings. The Morgan fingerprint density at radius 2 is 1.92 bits per heavy atom. The number of carbonyl (C=O) groups excluding carboxylic acids is 2. The van der Waals surface area contributed by atoms with E-state index in [2.05, 4.69) is 5.32 Å². The quantitative estimate of drug-likeness (QED) is 0.584. The van der Waals surface area contributed by atoms with E-state index in [1.165, 1.54) is 13.8 Å². The van der Waals surface area contributed by atoms with Gasteiger partial charge in [-0.1, -0.05) is 25.4 Å². The van der Waals surface area contributed by atoms with Gasteiger partial charge in [0.15, 0.2) is 0 Å². The molecule has 1 atom stereocenters. The Hall–Kier alpha value is -2.36. The lowest BCUT2D eigenvalue weighted by Crippen LogP contribution is -2.51. The molecule has 1 aromatic carbocycles. The number of amides is 2. The molecule has 0 aliphatic rings. The third kappa shape index (κ3) is 6.22. The molecule has 138 valence electrons. The van der Waals surface area contributed by atoms with Crippen molar-refractivity contribution in [3.8, 4) is 0 Å². The number of alkyl halides is 3. The van der Waals surface area contributed by atoms with Crippen LogP contribution in [0, 0.1) is 16.0 Å². The fourth-order valence-electron chi connectivity index (χ4n) is 1.85. The fraction of sp³-hybridized carbons (Fsp3) is 0.429. The average molecular weight is 382 g/mol. The van der Waals surface area contributed by atoms with E-state index >= 15 is 0 Å². The van der Waals surface area contributed by atoms with Crippen molar-refractivity contribution in [3.63, 3.8) is 0 Å². The van der Waals surface area contributed by atoms with E-state index in [1.54, 1.807) is 5.32 Å². The van der Waals surface area contributed by atoms with Crippen molar-refractivity contribution >= 4 is 29.1 Å². The van der Waals surface area contributed by atoms with Crippen LogP contribution in [0.3, 0.4) is 0 Å². The molecule has 1 rings (SSSR count). The third-order valence-corrected chi connectivity index (χ3v) is 3.42. The van der Waals surface area contributed by atoms with Gasteiger partial charge in [0.25, 0.3) is 11.6 Å². The van der Waals surface area contributed by atoms with Crippen LogP contribution in [0.5, 0.6) is 0 Å². The molecular formula is C14H15ClF3N3O4. The van der Waals surface area contributed by atoms with Crippen LogP contribution in [0.2, 0.25) is 5.02 Å². The van der Waals surface area contributed by atoms with Crippen molar-refractivity contribution in [1.29, 1.82) is 0 Å². The third-order valence-electron chi connectivity index (χ3n) is 3.11. The summed E-state index contributed by atoms with van der Waals surface area (Å²) in [5.41, 5.74) is -0.466. The van der Waals surface area contributed by atoms with Crippen molar-refractivity contribution in [2.45, 2.75) is 26.1 Å². The maximum Gasteiger partial charge on any atom is 0.405 e. The molecule has 25 heavy (non-hydrogen) atoms. The van der Waals surface area contributed by atoms with Crippen molar-refractivity contribution in [1.82, 2.24) is 10.6 Å². The van der Waals surface area contributed by atoms with Gasteiger partial charge >= 0.3 is 6.18 Å². The minimum Gasteiger partial charge on any atom is -0.345 e.